The number of carbonyl (C=O) groups excluding carboxylic acids is 2. The van der Waals surface area contributed by atoms with Crippen LogP contribution in [-0.2, 0) is 11.2 Å². The third-order valence-electron chi connectivity index (χ3n) is 5.50. The number of hydrogen-bond acceptors (Lipinski definition) is 9. The summed E-state index contributed by atoms with van der Waals surface area (Å²) in [6.45, 7) is 0.0630. The minimum atomic E-state index is -1.46. The van der Waals surface area contributed by atoms with Gasteiger partial charge in [0.1, 0.15) is 16.8 Å². The van der Waals surface area contributed by atoms with E-state index in [4.69, 9.17) is 14.2 Å². The van der Waals surface area contributed by atoms with Crippen molar-refractivity contribution in [3.8, 4) is 17.2 Å². The van der Waals surface area contributed by atoms with E-state index in [0.717, 1.165) is 17.3 Å². The van der Waals surface area contributed by atoms with Gasteiger partial charge in [-0.2, -0.15) is 8.75 Å². The quantitative estimate of drug-likeness (QED) is 0.201. The number of allylic oxidation sites excluding steroid dienone is 1. The number of fused-ring (bicyclic) bond motifs is 2. The zero-order chi connectivity index (χ0) is 23.7. The molecule has 8 nitrogen and oxygen atoms in total. The molecule has 1 aliphatic heterocycles. The van der Waals surface area contributed by atoms with E-state index >= 15 is 0 Å². The molecule has 0 saturated carbocycles. The summed E-state index contributed by atoms with van der Waals surface area (Å²) in [4.78, 5) is 26.1. The number of nitrogens with zero attached hydrogens (tertiary/aromatic N) is 2. The van der Waals surface area contributed by atoms with Crippen molar-refractivity contribution >= 4 is 40.1 Å². The van der Waals surface area contributed by atoms with Gasteiger partial charge in [0, 0.05) is 23.1 Å². The van der Waals surface area contributed by atoms with Crippen molar-refractivity contribution in [1.29, 1.82) is 0 Å². The van der Waals surface area contributed by atoms with Crippen LogP contribution in [0.15, 0.2) is 66.2 Å². The van der Waals surface area contributed by atoms with Crippen molar-refractivity contribution in [2.24, 2.45) is 0 Å². The summed E-state index contributed by atoms with van der Waals surface area (Å²) in [6, 6.07) is 16.7. The Labute approximate surface area is 226 Å². The molecular formula is C25H17N2NaO6S. The molecular weight excluding hydrogens is 479 g/mol. The van der Waals surface area contributed by atoms with Crippen molar-refractivity contribution in [3.05, 3.63) is 82.9 Å². The number of carboxylic acids is 1. The van der Waals surface area contributed by atoms with Gasteiger partial charge in [-0.25, -0.2) is 0 Å². The molecule has 0 unspecified atom stereocenters. The minimum Gasteiger partial charge on any atom is -0.545 e. The Bertz CT molecular complexity index is 1450. The number of carboxylic acid groups (broad SMARTS) is 1. The van der Waals surface area contributed by atoms with Gasteiger partial charge in [0.2, 0.25) is 6.79 Å². The molecule has 0 fully saturated rings. The Balaban J connectivity index is 0.00000289. The number of aromatic nitrogens is 2. The maximum absolute atomic E-state index is 13.7. The van der Waals surface area contributed by atoms with Crippen LogP contribution < -0.4 is 48.9 Å². The number of ether oxygens (including phenoxy) is 3. The first-order chi connectivity index (χ1) is 16.5. The van der Waals surface area contributed by atoms with Crippen LogP contribution in [0, 0.1) is 0 Å². The largest absolute Gasteiger partial charge is 1.00 e. The zero-order valence-electron chi connectivity index (χ0n) is 18.9. The molecule has 0 amide bonds. The maximum Gasteiger partial charge on any atom is 1.00 e. The third kappa shape index (κ3) is 5.08. The molecule has 0 atom stereocenters. The van der Waals surface area contributed by atoms with Gasteiger partial charge in [-0.15, -0.1) is 0 Å². The molecule has 0 saturated heterocycles. The van der Waals surface area contributed by atoms with E-state index in [-0.39, 0.29) is 59.5 Å². The van der Waals surface area contributed by atoms with Crippen LogP contribution in [0.3, 0.4) is 0 Å². The number of rotatable bonds is 7. The van der Waals surface area contributed by atoms with Gasteiger partial charge in [0.05, 0.1) is 24.8 Å². The predicted molar refractivity (Wildman–Crippen MR) is 123 cm³/mol. The molecule has 5 rings (SSSR count). The standard InChI is InChI=1S/C25H18N2O6S.Na/c1-31-17-6-2-14(3-7-17)10-18(24(28)16-5-9-21-22(12-16)33-13-32-21)23(25(29)30)15-4-8-19-20(11-15)27-34-26-19;/h2-9,11-12H,10,13H2,1H3,(H,29,30);/q;+1/p-1/b23-18+;. The molecule has 1 aromatic heterocycles. The number of Topliss-reactive ketones (excluding diaryl/α,β-unsaturated/α-hetero) is 1. The Hall–Kier alpha value is -3.24. The Morgan fingerprint density at radius 3 is 2.40 bits per heavy atom. The van der Waals surface area contributed by atoms with Gasteiger partial charge in [-0.05, 0) is 53.6 Å². The minimum absolute atomic E-state index is 0. The topological polar surface area (TPSA) is 111 Å². The first-order valence-electron chi connectivity index (χ1n) is 10.3. The average molecular weight is 496 g/mol. The fraction of sp³-hybridized carbons (Fsp3) is 0.120. The van der Waals surface area contributed by atoms with Crippen molar-refractivity contribution < 1.29 is 58.5 Å². The van der Waals surface area contributed by atoms with E-state index in [2.05, 4.69) is 8.75 Å². The summed E-state index contributed by atoms with van der Waals surface area (Å²) in [5, 5.41) is 12.4. The zero-order valence-corrected chi connectivity index (χ0v) is 21.8. The number of ketones is 1. The van der Waals surface area contributed by atoms with Crippen LogP contribution in [0.4, 0.5) is 0 Å². The smallest absolute Gasteiger partial charge is 0.545 e. The van der Waals surface area contributed by atoms with Crippen molar-refractivity contribution in [3.63, 3.8) is 0 Å². The Kier molecular flexibility index (Phi) is 7.51. The predicted octanol–water partition coefficient (Wildman–Crippen LogP) is 0.0617. The van der Waals surface area contributed by atoms with E-state index in [1.165, 1.54) is 0 Å². The summed E-state index contributed by atoms with van der Waals surface area (Å²) < 4.78 is 24.3. The molecule has 35 heavy (non-hydrogen) atoms. The molecule has 170 valence electrons. The first kappa shape index (κ1) is 24.9. The van der Waals surface area contributed by atoms with E-state index in [1.54, 1.807) is 67.8 Å². The van der Waals surface area contributed by atoms with Crippen molar-refractivity contribution in [2.45, 2.75) is 6.42 Å². The van der Waals surface area contributed by atoms with Crippen molar-refractivity contribution in [2.75, 3.05) is 13.9 Å². The molecule has 0 aliphatic carbocycles. The van der Waals surface area contributed by atoms with Gasteiger partial charge >= 0.3 is 29.6 Å². The second-order valence-corrected chi connectivity index (χ2v) is 8.06. The molecule has 0 N–H and O–H groups in total. The summed E-state index contributed by atoms with van der Waals surface area (Å²) in [5.41, 5.74) is 2.39. The number of carbonyl (C=O) groups is 2. The summed E-state index contributed by atoms with van der Waals surface area (Å²) in [6.07, 6.45) is 0.0634. The Morgan fingerprint density at radius 1 is 0.943 bits per heavy atom. The third-order valence-corrected chi connectivity index (χ3v) is 6.05. The molecule has 0 bridgehead atoms. The molecule has 0 radical (unpaired) electrons. The van der Waals surface area contributed by atoms with Crippen LogP contribution in [-0.4, -0.2) is 34.4 Å². The van der Waals surface area contributed by atoms with E-state index < -0.39 is 11.8 Å². The van der Waals surface area contributed by atoms with Gasteiger partial charge in [0.15, 0.2) is 17.3 Å². The van der Waals surface area contributed by atoms with Crippen molar-refractivity contribution in [1.82, 2.24) is 8.75 Å². The average Bonchev–Trinajstić information content (AvgIpc) is 3.52. The monoisotopic (exact) mass is 496 g/mol. The fourth-order valence-corrected chi connectivity index (χ4v) is 4.31. The SMILES string of the molecule is COc1ccc(C/C(C(=O)c2ccc3c(c2)OCO3)=C(\C(=O)[O-])c2ccc3nsnc3c2)cc1.[Na+]. The molecule has 1 aliphatic rings. The fourth-order valence-electron chi connectivity index (χ4n) is 3.79. The van der Waals surface area contributed by atoms with Crippen LogP contribution in [0.25, 0.3) is 16.6 Å². The molecule has 4 aromatic rings. The van der Waals surface area contributed by atoms with Gasteiger partial charge in [0.25, 0.3) is 0 Å². The van der Waals surface area contributed by atoms with Gasteiger partial charge in [-0.1, -0.05) is 18.2 Å². The van der Waals surface area contributed by atoms with E-state index in [9.17, 15) is 14.7 Å². The first-order valence-corrected chi connectivity index (χ1v) is 11.0. The number of benzene rings is 3. The number of methoxy groups -OCH3 is 1. The number of hydrogen-bond donors (Lipinski definition) is 0. The Morgan fingerprint density at radius 2 is 1.66 bits per heavy atom. The summed E-state index contributed by atoms with van der Waals surface area (Å²) in [5.74, 6) is -0.304. The van der Waals surface area contributed by atoms with E-state index in [0.29, 0.717) is 33.8 Å². The van der Waals surface area contributed by atoms with Gasteiger partial charge in [-0.3, -0.25) is 4.79 Å². The van der Waals surface area contributed by atoms with E-state index in [1.807, 2.05) is 0 Å². The number of aliphatic carboxylic acids is 1. The molecule has 10 heteroatoms. The maximum atomic E-state index is 13.7. The van der Waals surface area contributed by atoms with Gasteiger partial charge < -0.3 is 24.1 Å². The van der Waals surface area contributed by atoms with Crippen LogP contribution in [0.2, 0.25) is 0 Å². The molecule has 2 heterocycles. The summed E-state index contributed by atoms with van der Waals surface area (Å²) >= 11 is 1.03. The normalized spacial score (nSPS) is 12.6. The molecule has 3 aromatic carbocycles. The molecule has 0 spiro atoms. The second-order valence-electron chi connectivity index (χ2n) is 7.53. The second kappa shape index (κ2) is 10.6. The van der Waals surface area contributed by atoms with Crippen LogP contribution in [0.5, 0.6) is 17.2 Å². The van der Waals surface area contributed by atoms with Crippen LogP contribution >= 0.6 is 11.7 Å². The van der Waals surface area contributed by atoms with Crippen LogP contribution in [0.1, 0.15) is 21.5 Å². The summed E-state index contributed by atoms with van der Waals surface area (Å²) in [7, 11) is 1.56.